The molecule has 120 valence electrons. The molecular formula is C14H11F5O3. The third kappa shape index (κ3) is 2.77. The number of hydrogen-bond acceptors (Lipinski definition) is 3. The van der Waals surface area contributed by atoms with Crippen molar-refractivity contribution in [1.82, 2.24) is 0 Å². The molecule has 0 saturated heterocycles. The fourth-order valence-corrected chi connectivity index (χ4v) is 2.08. The Bertz CT molecular complexity index is 603. The molecule has 0 bridgehead atoms. The van der Waals surface area contributed by atoms with Gasteiger partial charge in [-0.2, -0.15) is 13.2 Å². The Morgan fingerprint density at radius 3 is 2.36 bits per heavy atom. The van der Waals surface area contributed by atoms with Gasteiger partial charge in [0.2, 0.25) is 0 Å². The highest BCUT2D eigenvalue weighted by molar-refractivity contribution is 5.86. The van der Waals surface area contributed by atoms with Gasteiger partial charge in [0.15, 0.2) is 0 Å². The summed E-state index contributed by atoms with van der Waals surface area (Å²) >= 11 is 0. The molecule has 1 aliphatic rings. The molecule has 0 fully saturated rings. The highest BCUT2D eigenvalue weighted by Crippen LogP contribution is 2.46. The maximum absolute atomic E-state index is 13.2. The number of rotatable bonds is 3. The van der Waals surface area contributed by atoms with Gasteiger partial charge in [-0.3, -0.25) is 0 Å². The minimum atomic E-state index is -5.04. The number of carbonyl (C=O) groups excluding carboxylic acids is 1. The van der Waals surface area contributed by atoms with Crippen LogP contribution in [0.2, 0.25) is 0 Å². The standard InChI is InChI=1S/C14H11F5O3/c1-2-21-12(20)13(14(17,18)19)6-9(7-22-13)8-3-10(15)5-11(16)4-8/h3-5,7H,2,6H2,1H3. The first kappa shape index (κ1) is 16.3. The molecule has 0 N–H and O–H groups in total. The number of hydrogen-bond donors (Lipinski definition) is 0. The summed E-state index contributed by atoms with van der Waals surface area (Å²) < 4.78 is 75.0. The zero-order chi connectivity index (χ0) is 16.5. The van der Waals surface area contributed by atoms with Crippen LogP contribution in [0.3, 0.4) is 0 Å². The van der Waals surface area contributed by atoms with Crippen LogP contribution in [-0.4, -0.2) is 24.4 Å². The van der Waals surface area contributed by atoms with Gasteiger partial charge in [0, 0.05) is 12.5 Å². The monoisotopic (exact) mass is 322 g/mol. The summed E-state index contributed by atoms with van der Waals surface area (Å²) in [6, 6.07) is 2.30. The first-order valence-electron chi connectivity index (χ1n) is 6.27. The molecule has 1 atom stereocenters. The third-order valence-electron chi connectivity index (χ3n) is 3.14. The second kappa shape index (κ2) is 5.58. The van der Waals surface area contributed by atoms with Crippen LogP contribution in [0.5, 0.6) is 0 Å². The number of esters is 1. The molecule has 0 amide bonds. The summed E-state index contributed by atoms with van der Waals surface area (Å²) in [5.41, 5.74) is -3.47. The summed E-state index contributed by atoms with van der Waals surface area (Å²) in [6.07, 6.45) is -5.28. The average Bonchev–Trinajstić information content (AvgIpc) is 2.83. The van der Waals surface area contributed by atoms with Crippen molar-refractivity contribution in [2.45, 2.75) is 25.1 Å². The van der Waals surface area contributed by atoms with Crippen molar-refractivity contribution in [3.8, 4) is 0 Å². The molecule has 0 radical (unpaired) electrons. The minimum Gasteiger partial charge on any atom is -0.473 e. The number of halogens is 5. The lowest BCUT2D eigenvalue weighted by Crippen LogP contribution is -2.52. The van der Waals surface area contributed by atoms with Crippen molar-refractivity contribution >= 4 is 11.5 Å². The summed E-state index contributed by atoms with van der Waals surface area (Å²) in [6.45, 7) is 1.09. The highest BCUT2D eigenvalue weighted by Gasteiger charge is 2.66. The lowest BCUT2D eigenvalue weighted by Gasteiger charge is -2.28. The fraction of sp³-hybridized carbons (Fsp3) is 0.357. The maximum atomic E-state index is 13.2. The molecule has 1 aromatic carbocycles. The second-order valence-electron chi connectivity index (χ2n) is 4.64. The third-order valence-corrected chi connectivity index (χ3v) is 3.14. The average molecular weight is 322 g/mol. The maximum Gasteiger partial charge on any atom is 0.439 e. The van der Waals surface area contributed by atoms with Crippen LogP contribution in [0, 0.1) is 11.6 Å². The summed E-state index contributed by atoms with van der Waals surface area (Å²) in [5, 5.41) is 0. The van der Waals surface area contributed by atoms with Gasteiger partial charge in [-0.05, 0) is 30.2 Å². The predicted molar refractivity (Wildman–Crippen MR) is 65.5 cm³/mol. The first-order chi connectivity index (χ1) is 10.2. The number of carbonyl (C=O) groups is 1. The zero-order valence-electron chi connectivity index (χ0n) is 11.3. The van der Waals surface area contributed by atoms with Gasteiger partial charge in [0.05, 0.1) is 12.9 Å². The normalized spacial score (nSPS) is 21.3. The topological polar surface area (TPSA) is 35.5 Å². The number of benzene rings is 1. The largest absolute Gasteiger partial charge is 0.473 e. The van der Waals surface area contributed by atoms with Gasteiger partial charge in [-0.15, -0.1) is 0 Å². The van der Waals surface area contributed by atoms with E-state index in [0.29, 0.717) is 12.3 Å². The quantitative estimate of drug-likeness (QED) is 0.630. The van der Waals surface area contributed by atoms with E-state index in [1.54, 1.807) is 0 Å². The summed E-state index contributed by atoms with van der Waals surface area (Å²) in [7, 11) is 0. The van der Waals surface area contributed by atoms with E-state index in [4.69, 9.17) is 0 Å². The Labute approximate surface area is 122 Å². The summed E-state index contributed by atoms with van der Waals surface area (Å²) in [5.74, 6) is -3.49. The molecule has 0 aromatic heterocycles. The molecule has 22 heavy (non-hydrogen) atoms. The predicted octanol–water partition coefficient (Wildman–Crippen LogP) is 3.59. The van der Waals surface area contributed by atoms with Crippen molar-refractivity contribution in [2.24, 2.45) is 0 Å². The smallest absolute Gasteiger partial charge is 0.439 e. The van der Waals surface area contributed by atoms with Gasteiger partial charge in [-0.1, -0.05) is 0 Å². The van der Waals surface area contributed by atoms with E-state index in [1.165, 1.54) is 6.92 Å². The van der Waals surface area contributed by atoms with Crippen LogP contribution in [0.15, 0.2) is 24.5 Å². The van der Waals surface area contributed by atoms with Gasteiger partial charge >= 0.3 is 17.7 Å². The molecule has 0 spiro atoms. The van der Waals surface area contributed by atoms with Crippen molar-refractivity contribution < 1.29 is 36.2 Å². The van der Waals surface area contributed by atoms with Crippen molar-refractivity contribution in [1.29, 1.82) is 0 Å². The van der Waals surface area contributed by atoms with Crippen LogP contribution in [0.1, 0.15) is 18.9 Å². The van der Waals surface area contributed by atoms with E-state index in [0.717, 1.165) is 12.1 Å². The Balaban J connectivity index is 2.35. The van der Waals surface area contributed by atoms with Gasteiger partial charge < -0.3 is 9.47 Å². The molecule has 8 heteroatoms. The van der Waals surface area contributed by atoms with Crippen LogP contribution < -0.4 is 0 Å². The molecular weight excluding hydrogens is 311 g/mol. The van der Waals surface area contributed by atoms with E-state index in [1.807, 2.05) is 0 Å². The molecule has 1 unspecified atom stereocenters. The van der Waals surface area contributed by atoms with Crippen LogP contribution >= 0.6 is 0 Å². The molecule has 1 aromatic rings. The van der Waals surface area contributed by atoms with Crippen LogP contribution in [-0.2, 0) is 14.3 Å². The van der Waals surface area contributed by atoms with Crippen molar-refractivity contribution in [3.63, 3.8) is 0 Å². The molecule has 3 nitrogen and oxygen atoms in total. The van der Waals surface area contributed by atoms with E-state index < -0.39 is 35.8 Å². The van der Waals surface area contributed by atoms with E-state index >= 15 is 0 Å². The Morgan fingerprint density at radius 2 is 1.86 bits per heavy atom. The lowest BCUT2D eigenvalue weighted by molar-refractivity contribution is -0.257. The Kier molecular flexibility index (Phi) is 4.12. The number of ether oxygens (including phenoxy) is 2. The second-order valence-corrected chi connectivity index (χ2v) is 4.64. The SMILES string of the molecule is CCOC(=O)C1(C(F)(F)F)CC(c2cc(F)cc(F)c2)=CO1. The van der Waals surface area contributed by atoms with E-state index in [2.05, 4.69) is 9.47 Å². The molecule has 0 saturated carbocycles. The molecule has 1 heterocycles. The van der Waals surface area contributed by atoms with E-state index in [-0.39, 0.29) is 17.7 Å². The lowest BCUT2D eigenvalue weighted by atomic mass is 9.92. The molecule has 0 aliphatic carbocycles. The van der Waals surface area contributed by atoms with Crippen LogP contribution in [0.25, 0.3) is 5.57 Å². The molecule has 2 rings (SSSR count). The zero-order valence-corrected chi connectivity index (χ0v) is 11.3. The van der Waals surface area contributed by atoms with Gasteiger partial charge in [0.1, 0.15) is 11.6 Å². The van der Waals surface area contributed by atoms with E-state index in [9.17, 15) is 26.7 Å². The minimum absolute atomic E-state index is 0.132. The van der Waals surface area contributed by atoms with Gasteiger partial charge in [-0.25, -0.2) is 13.6 Å². The van der Waals surface area contributed by atoms with Crippen LogP contribution in [0.4, 0.5) is 22.0 Å². The number of alkyl halides is 3. The fourth-order valence-electron chi connectivity index (χ4n) is 2.08. The highest BCUT2D eigenvalue weighted by atomic mass is 19.4. The summed E-state index contributed by atoms with van der Waals surface area (Å²) in [4.78, 5) is 11.7. The molecule has 1 aliphatic heterocycles. The Hall–Kier alpha value is -2.12. The van der Waals surface area contributed by atoms with Gasteiger partial charge in [0.25, 0.3) is 0 Å². The van der Waals surface area contributed by atoms with Crippen molar-refractivity contribution in [2.75, 3.05) is 6.61 Å². The Morgan fingerprint density at radius 1 is 1.27 bits per heavy atom. The first-order valence-corrected chi connectivity index (χ1v) is 6.27. The van der Waals surface area contributed by atoms with Crippen molar-refractivity contribution in [3.05, 3.63) is 41.7 Å².